The van der Waals surface area contributed by atoms with Gasteiger partial charge in [0.25, 0.3) is 5.91 Å². The van der Waals surface area contributed by atoms with Gasteiger partial charge in [0, 0.05) is 44.7 Å². The highest BCUT2D eigenvalue weighted by Gasteiger charge is 2.39. The van der Waals surface area contributed by atoms with Gasteiger partial charge in [-0.15, -0.1) is 0 Å². The summed E-state index contributed by atoms with van der Waals surface area (Å²) in [5, 5.41) is 9.65. The third kappa shape index (κ3) is 4.61. The third-order valence-electron chi connectivity index (χ3n) is 6.45. The molecule has 2 fully saturated rings. The fourth-order valence-corrected chi connectivity index (χ4v) is 4.60. The summed E-state index contributed by atoms with van der Waals surface area (Å²) in [7, 11) is 0. The molecule has 0 radical (unpaired) electrons. The van der Waals surface area contributed by atoms with E-state index in [4.69, 9.17) is 0 Å². The lowest BCUT2D eigenvalue weighted by Crippen LogP contribution is -2.40. The summed E-state index contributed by atoms with van der Waals surface area (Å²) in [5.41, 5.74) is 1.50. The number of amides is 3. The molecule has 0 aliphatic carbocycles. The van der Waals surface area contributed by atoms with E-state index in [-0.39, 0.29) is 41.9 Å². The normalized spacial score (nSPS) is 20.2. The van der Waals surface area contributed by atoms with Crippen molar-refractivity contribution in [2.75, 3.05) is 32.7 Å². The van der Waals surface area contributed by atoms with Gasteiger partial charge < -0.3 is 19.8 Å². The number of likely N-dealkylation sites (tertiary alicyclic amines) is 1. The monoisotopic (exact) mass is 435 g/mol. The molecule has 2 heterocycles. The van der Waals surface area contributed by atoms with Crippen LogP contribution in [-0.2, 0) is 9.59 Å². The van der Waals surface area contributed by atoms with Crippen LogP contribution < -0.4 is 0 Å². The summed E-state index contributed by atoms with van der Waals surface area (Å²) in [6.07, 6.45) is 0.916. The van der Waals surface area contributed by atoms with E-state index in [1.54, 1.807) is 26.8 Å². The highest BCUT2D eigenvalue weighted by molar-refractivity contribution is 5.94. The molecular weight excluding hydrogens is 406 g/mol. The van der Waals surface area contributed by atoms with Gasteiger partial charge in [-0.25, -0.2) is 0 Å². The smallest absolute Gasteiger partial charge is 0.254 e. The van der Waals surface area contributed by atoms with Gasteiger partial charge in [-0.1, -0.05) is 36.4 Å². The second-order valence-electron chi connectivity index (χ2n) is 8.56. The van der Waals surface area contributed by atoms with E-state index in [1.807, 2.05) is 37.3 Å². The standard InChI is InChI=1S/C25H29N3O4/c1-18(19-7-3-2-4-8-19)28-17-21(16-23(28)30)25(32)27-12-6-11-26(13-14-27)24(31)20-9-5-10-22(29)15-20/h2-5,7-10,15,18,21,29H,6,11-14,16-17H2,1H3. The number of rotatable bonds is 4. The van der Waals surface area contributed by atoms with Crippen LogP contribution in [0.3, 0.4) is 0 Å². The number of nitrogens with zero attached hydrogens (tertiary/aromatic N) is 3. The molecular formula is C25H29N3O4. The molecule has 2 aromatic carbocycles. The van der Waals surface area contributed by atoms with Crippen LogP contribution in [0.25, 0.3) is 0 Å². The Morgan fingerprint density at radius 2 is 1.69 bits per heavy atom. The molecule has 7 nitrogen and oxygen atoms in total. The zero-order chi connectivity index (χ0) is 22.7. The highest BCUT2D eigenvalue weighted by Crippen LogP contribution is 2.29. The van der Waals surface area contributed by atoms with Crippen molar-refractivity contribution in [2.24, 2.45) is 5.92 Å². The number of phenolic OH excluding ortho intramolecular Hbond substituents is 1. The van der Waals surface area contributed by atoms with Gasteiger partial charge in [-0.3, -0.25) is 14.4 Å². The van der Waals surface area contributed by atoms with Crippen molar-refractivity contribution in [1.82, 2.24) is 14.7 Å². The maximum absolute atomic E-state index is 13.2. The Morgan fingerprint density at radius 1 is 0.969 bits per heavy atom. The molecule has 2 saturated heterocycles. The Hall–Kier alpha value is -3.35. The number of phenols is 1. The van der Waals surface area contributed by atoms with E-state index in [0.29, 0.717) is 44.7 Å². The second kappa shape index (κ2) is 9.42. The van der Waals surface area contributed by atoms with Crippen LogP contribution in [0.4, 0.5) is 0 Å². The van der Waals surface area contributed by atoms with Gasteiger partial charge in [0.1, 0.15) is 5.75 Å². The van der Waals surface area contributed by atoms with E-state index in [9.17, 15) is 19.5 Å². The summed E-state index contributed by atoms with van der Waals surface area (Å²) in [4.78, 5) is 44.0. The maximum Gasteiger partial charge on any atom is 0.254 e. The minimum atomic E-state index is -0.345. The minimum absolute atomic E-state index is 0.00670. The van der Waals surface area contributed by atoms with Crippen LogP contribution in [0.15, 0.2) is 54.6 Å². The quantitative estimate of drug-likeness (QED) is 0.801. The van der Waals surface area contributed by atoms with E-state index in [1.165, 1.54) is 12.1 Å². The third-order valence-corrected chi connectivity index (χ3v) is 6.45. The molecule has 0 aromatic heterocycles. The van der Waals surface area contributed by atoms with Crippen molar-refractivity contribution in [3.63, 3.8) is 0 Å². The summed E-state index contributed by atoms with van der Waals surface area (Å²) >= 11 is 0. The zero-order valence-electron chi connectivity index (χ0n) is 18.3. The summed E-state index contributed by atoms with van der Waals surface area (Å²) in [5.74, 6) is -0.429. The Labute approximate surface area is 188 Å². The van der Waals surface area contributed by atoms with Crippen LogP contribution in [0.5, 0.6) is 5.75 Å². The maximum atomic E-state index is 13.2. The first-order valence-corrected chi connectivity index (χ1v) is 11.2. The van der Waals surface area contributed by atoms with Crippen molar-refractivity contribution in [1.29, 1.82) is 0 Å². The molecule has 0 saturated carbocycles. The van der Waals surface area contributed by atoms with Crippen molar-refractivity contribution in [3.05, 3.63) is 65.7 Å². The number of aromatic hydroxyl groups is 1. The average molecular weight is 436 g/mol. The first kappa shape index (κ1) is 21.9. The number of carbonyl (C=O) groups excluding carboxylic acids is 3. The Morgan fingerprint density at radius 3 is 2.44 bits per heavy atom. The highest BCUT2D eigenvalue weighted by atomic mass is 16.3. The molecule has 0 spiro atoms. The number of hydrogen-bond donors (Lipinski definition) is 1. The van der Waals surface area contributed by atoms with E-state index in [2.05, 4.69) is 0 Å². The average Bonchev–Trinajstić information content (AvgIpc) is 3.03. The van der Waals surface area contributed by atoms with Gasteiger partial charge >= 0.3 is 0 Å². The van der Waals surface area contributed by atoms with Crippen molar-refractivity contribution < 1.29 is 19.5 Å². The van der Waals surface area contributed by atoms with Crippen LogP contribution in [0.2, 0.25) is 0 Å². The molecule has 32 heavy (non-hydrogen) atoms. The van der Waals surface area contributed by atoms with Crippen LogP contribution in [-0.4, -0.2) is 70.3 Å². The Balaban J connectivity index is 1.37. The number of benzene rings is 2. The van der Waals surface area contributed by atoms with Crippen molar-refractivity contribution in [3.8, 4) is 5.75 Å². The minimum Gasteiger partial charge on any atom is -0.508 e. The lowest BCUT2D eigenvalue weighted by molar-refractivity contribution is -0.135. The van der Waals surface area contributed by atoms with Gasteiger partial charge in [-0.2, -0.15) is 0 Å². The van der Waals surface area contributed by atoms with E-state index < -0.39 is 0 Å². The second-order valence-corrected chi connectivity index (χ2v) is 8.56. The number of carbonyl (C=O) groups is 3. The number of hydrogen-bond acceptors (Lipinski definition) is 4. The Kier molecular flexibility index (Phi) is 6.44. The predicted molar refractivity (Wildman–Crippen MR) is 120 cm³/mol. The fourth-order valence-electron chi connectivity index (χ4n) is 4.60. The van der Waals surface area contributed by atoms with E-state index >= 15 is 0 Å². The molecule has 2 atom stereocenters. The predicted octanol–water partition coefficient (Wildman–Crippen LogP) is 2.68. The topological polar surface area (TPSA) is 81.2 Å². The van der Waals surface area contributed by atoms with Crippen molar-refractivity contribution >= 4 is 17.7 Å². The molecule has 1 N–H and O–H groups in total. The van der Waals surface area contributed by atoms with Gasteiger partial charge in [0.2, 0.25) is 11.8 Å². The first-order chi connectivity index (χ1) is 15.4. The largest absolute Gasteiger partial charge is 0.508 e. The van der Waals surface area contributed by atoms with Gasteiger partial charge in [0.15, 0.2) is 0 Å². The zero-order valence-corrected chi connectivity index (χ0v) is 18.3. The van der Waals surface area contributed by atoms with Crippen LogP contribution in [0, 0.1) is 5.92 Å². The van der Waals surface area contributed by atoms with Gasteiger partial charge in [0.05, 0.1) is 12.0 Å². The molecule has 2 aliphatic rings. The SMILES string of the molecule is CC(c1ccccc1)N1CC(C(=O)N2CCCN(C(=O)c3cccc(O)c3)CC2)CC1=O. The molecule has 168 valence electrons. The molecule has 2 aromatic rings. The summed E-state index contributed by atoms with van der Waals surface area (Å²) in [6.45, 7) is 4.43. The van der Waals surface area contributed by atoms with Crippen molar-refractivity contribution in [2.45, 2.75) is 25.8 Å². The lowest BCUT2D eigenvalue weighted by Gasteiger charge is -2.27. The Bertz CT molecular complexity index is 994. The summed E-state index contributed by atoms with van der Waals surface area (Å²) < 4.78 is 0. The summed E-state index contributed by atoms with van der Waals surface area (Å²) in [6, 6.07) is 16.1. The lowest BCUT2D eigenvalue weighted by atomic mass is 10.1. The van der Waals surface area contributed by atoms with Crippen LogP contribution >= 0.6 is 0 Å². The molecule has 3 amide bonds. The molecule has 7 heteroatoms. The molecule has 2 unspecified atom stereocenters. The molecule has 4 rings (SSSR count). The first-order valence-electron chi connectivity index (χ1n) is 11.2. The van der Waals surface area contributed by atoms with Crippen LogP contribution in [0.1, 0.15) is 41.7 Å². The molecule has 0 bridgehead atoms. The van der Waals surface area contributed by atoms with Gasteiger partial charge in [-0.05, 0) is 37.1 Å². The fraction of sp³-hybridized carbons (Fsp3) is 0.400. The molecule has 2 aliphatic heterocycles. The van der Waals surface area contributed by atoms with E-state index in [0.717, 1.165) is 5.56 Å².